The van der Waals surface area contributed by atoms with Crippen LogP contribution in [0.3, 0.4) is 0 Å². The quantitative estimate of drug-likeness (QED) is 0.736. The van der Waals surface area contributed by atoms with E-state index in [1.807, 2.05) is 19.9 Å². The van der Waals surface area contributed by atoms with E-state index in [0.717, 1.165) is 11.4 Å². The highest BCUT2D eigenvalue weighted by Crippen LogP contribution is 2.11. The second kappa shape index (κ2) is 6.31. The average molecular weight is 292 g/mol. The van der Waals surface area contributed by atoms with Crippen molar-refractivity contribution in [1.82, 2.24) is 19.9 Å². The van der Waals surface area contributed by atoms with E-state index in [-0.39, 0.29) is 25.7 Å². The molecule has 2 N–H and O–H groups in total. The summed E-state index contributed by atoms with van der Waals surface area (Å²) in [5.74, 6) is -1.36. The number of carbonyl (C=O) groups excluding carboxylic acids is 1. The number of nitrogens with one attached hydrogen (secondary N) is 1. The van der Waals surface area contributed by atoms with Crippen molar-refractivity contribution in [3.8, 4) is 0 Å². The Morgan fingerprint density at radius 2 is 2.19 bits per heavy atom. The fourth-order valence-electron chi connectivity index (χ4n) is 1.92. The molecule has 0 bridgehead atoms. The third-order valence-electron chi connectivity index (χ3n) is 2.78. The van der Waals surface area contributed by atoms with Crippen LogP contribution in [0.5, 0.6) is 0 Å². The van der Waals surface area contributed by atoms with Crippen LogP contribution in [0.4, 0.5) is 0 Å². The maximum absolute atomic E-state index is 12.1. The maximum Gasteiger partial charge on any atom is 0.329 e. The SMILES string of the molecule is Cc1cc(C)n2ncc(C(=O)NCCOCC(=O)O)c2n1. The average Bonchev–Trinajstić information content (AvgIpc) is 2.81. The number of carboxylic acid groups (broad SMARTS) is 1. The molecule has 8 nitrogen and oxygen atoms in total. The van der Waals surface area contributed by atoms with Gasteiger partial charge in [-0.3, -0.25) is 4.79 Å². The van der Waals surface area contributed by atoms with Crippen molar-refractivity contribution in [2.45, 2.75) is 13.8 Å². The predicted molar refractivity (Wildman–Crippen MR) is 73.2 cm³/mol. The summed E-state index contributed by atoms with van der Waals surface area (Å²) in [5, 5.41) is 15.2. The normalized spacial score (nSPS) is 10.8. The van der Waals surface area contributed by atoms with Crippen molar-refractivity contribution in [1.29, 1.82) is 0 Å². The number of carboxylic acids is 1. The van der Waals surface area contributed by atoms with Gasteiger partial charge in [0.1, 0.15) is 12.2 Å². The molecule has 8 heteroatoms. The molecule has 0 radical (unpaired) electrons. The van der Waals surface area contributed by atoms with Crippen molar-refractivity contribution in [3.63, 3.8) is 0 Å². The zero-order valence-electron chi connectivity index (χ0n) is 11.8. The summed E-state index contributed by atoms with van der Waals surface area (Å²) in [6.45, 7) is 3.70. The molecule has 2 heterocycles. The van der Waals surface area contributed by atoms with Crippen LogP contribution in [0.25, 0.3) is 5.65 Å². The molecule has 0 aromatic carbocycles. The van der Waals surface area contributed by atoms with E-state index in [4.69, 9.17) is 9.84 Å². The summed E-state index contributed by atoms with van der Waals surface area (Å²) in [4.78, 5) is 26.6. The zero-order chi connectivity index (χ0) is 15.4. The molecule has 0 aliphatic rings. The van der Waals surface area contributed by atoms with Crippen LogP contribution in [0.2, 0.25) is 0 Å². The first-order valence-corrected chi connectivity index (χ1v) is 6.38. The van der Waals surface area contributed by atoms with Crippen molar-refractivity contribution < 1.29 is 19.4 Å². The molecule has 0 aliphatic carbocycles. The Bertz CT molecular complexity index is 680. The largest absolute Gasteiger partial charge is 0.480 e. The van der Waals surface area contributed by atoms with Gasteiger partial charge in [-0.05, 0) is 19.9 Å². The molecule has 0 aliphatic heterocycles. The summed E-state index contributed by atoms with van der Waals surface area (Å²) in [5.41, 5.74) is 2.57. The summed E-state index contributed by atoms with van der Waals surface area (Å²) in [7, 11) is 0. The lowest BCUT2D eigenvalue weighted by molar-refractivity contribution is -0.142. The summed E-state index contributed by atoms with van der Waals surface area (Å²) in [6, 6.07) is 1.88. The Balaban J connectivity index is 2.01. The number of aryl methyl sites for hydroxylation is 2. The van der Waals surface area contributed by atoms with E-state index in [1.165, 1.54) is 6.20 Å². The number of fused-ring (bicyclic) bond motifs is 1. The van der Waals surface area contributed by atoms with E-state index < -0.39 is 5.97 Å². The Kier molecular flexibility index (Phi) is 4.49. The molecule has 0 unspecified atom stereocenters. The van der Waals surface area contributed by atoms with Crippen LogP contribution in [0.1, 0.15) is 21.7 Å². The Hall–Kier alpha value is -2.48. The van der Waals surface area contributed by atoms with Gasteiger partial charge in [0.15, 0.2) is 5.65 Å². The smallest absolute Gasteiger partial charge is 0.329 e. The first-order valence-electron chi connectivity index (χ1n) is 6.38. The number of aromatic nitrogens is 3. The van der Waals surface area contributed by atoms with Gasteiger partial charge in [0, 0.05) is 17.9 Å². The van der Waals surface area contributed by atoms with E-state index >= 15 is 0 Å². The van der Waals surface area contributed by atoms with Crippen molar-refractivity contribution in [2.75, 3.05) is 19.8 Å². The summed E-state index contributed by atoms with van der Waals surface area (Å²) < 4.78 is 6.44. The van der Waals surface area contributed by atoms with Crippen molar-refractivity contribution in [2.24, 2.45) is 0 Å². The van der Waals surface area contributed by atoms with Gasteiger partial charge in [-0.25, -0.2) is 14.3 Å². The number of amides is 1. The first-order chi connectivity index (χ1) is 9.99. The molecule has 2 aromatic heterocycles. The van der Waals surface area contributed by atoms with Gasteiger partial charge in [0.25, 0.3) is 5.91 Å². The molecule has 112 valence electrons. The highest BCUT2D eigenvalue weighted by atomic mass is 16.5. The molecule has 0 atom stereocenters. The van der Waals surface area contributed by atoms with Crippen LogP contribution in [-0.2, 0) is 9.53 Å². The molecule has 0 fully saturated rings. The van der Waals surface area contributed by atoms with Gasteiger partial charge in [0.2, 0.25) is 0 Å². The summed E-state index contributed by atoms with van der Waals surface area (Å²) >= 11 is 0. The highest BCUT2D eigenvalue weighted by Gasteiger charge is 2.14. The Morgan fingerprint density at radius 1 is 1.43 bits per heavy atom. The van der Waals surface area contributed by atoms with Crippen LogP contribution in [0, 0.1) is 13.8 Å². The van der Waals surface area contributed by atoms with Gasteiger partial charge < -0.3 is 15.2 Å². The lowest BCUT2D eigenvalue weighted by Crippen LogP contribution is -2.28. The number of hydrogen-bond donors (Lipinski definition) is 2. The lowest BCUT2D eigenvalue weighted by Gasteiger charge is -2.05. The second-order valence-corrected chi connectivity index (χ2v) is 4.53. The predicted octanol–water partition coefficient (Wildman–Crippen LogP) is 0.177. The van der Waals surface area contributed by atoms with E-state index in [0.29, 0.717) is 11.2 Å². The van der Waals surface area contributed by atoms with E-state index in [9.17, 15) is 9.59 Å². The second-order valence-electron chi connectivity index (χ2n) is 4.53. The Morgan fingerprint density at radius 3 is 2.90 bits per heavy atom. The van der Waals surface area contributed by atoms with Crippen LogP contribution >= 0.6 is 0 Å². The lowest BCUT2D eigenvalue weighted by atomic mass is 10.3. The van der Waals surface area contributed by atoms with Crippen LogP contribution in [0.15, 0.2) is 12.3 Å². The van der Waals surface area contributed by atoms with Crippen molar-refractivity contribution in [3.05, 3.63) is 29.2 Å². The van der Waals surface area contributed by atoms with Gasteiger partial charge in [-0.1, -0.05) is 0 Å². The van der Waals surface area contributed by atoms with Crippen molar-refractivity contribution >= 4 is 17.5 Å². The number of nitrogens with zero attached hydrogens (tertiary/aromatic N) is 3. The minimum Gasteiger partial charge on any atom is -0.480 e. The monoisotopic (exact) mass is 292 g/mol. The molecule has 0 spiro atoms. The Labute approximate surface area is 120 Å². The molecule has 2 rings (SSSR count). The number of aliphatic carboxylic acids is 1. The number of rotatable bonds is 6. The minimum absolute atomic E-state index is 0.128. The van der Waals surface area contributed by atoms with Crippen LogP contribution in [-0.4, -0.2) is 51.3 Å². The highest BCUT2D eigenvalue weighted by molar-refractivity contribution is 5.99. The number of ether oxygens (including phenoxy) is 1. The fourth-order valence-corrected chi connectivity index (χ4v) is 1.92. The topological polar surface area (TPSA) is 106 Å². The fraction of sp³-hybridized carbons (Fsp3) is 0.385. The minimum atomic E-state index is -1.04. The molecule has 0 saturated heterocycles. The van der Waals surface area contributed by atoms with E-state index in [1.54, 1.807) is 4.52 Å². The zero-order valence-corrected chi connectivity index (χ0v) is 11.8. The third-order valence-corrected chi connectivity index (χ3v) is 2.78. The molecule has 1 amide bonds. The molecule has 0 saturated carbocycles. The maximum atomic E-state index is 12.1. The standard InChI is InChI=1S/C13H16N4O4/c1-8-5-9(2)17-12(16-8)10(6-15-17)13(20)14-3-4-21-7-11(18)19/h5-6H,3-4,7H2,1-2H3,(H,14,20)(H,18,19). The summed E-state index contributed by atoms with van der Waals surface area (Å²) in [6.07, 6.45) is 1.46. The number of carbonyl (C=O) groups is 2. The first kappa shape index (κ1) is 14.9. The van der Waals surface area contributed by atoms with Gasteiger partial charge >= 0.3 is 5.97 Å². The van der Waals surface area contributed by atoms with E-state index in [2.05, 4.69) is 15.4 Å². The third kappa shape index (κ3) is 3.54. The van der Waals surface area contributed by atoms with Crippen LogP contribution < -0.4 is 5.32 Å². The van der Waals surface area contributed by atoms with Gasteiger partial charge in [-0.2, -0.15) is 5.10 Å². The molecule has 21 heavy (non-hydrogen) atoms. The number of hydrogen-bond acceptors (Lipinski definition) is 5. The molecular formula is C13H16N4O4. The molecule has 2 aromatic rings. The molecular weight excluding hydrogens is 276 g/mol. The van der Waals surface area contributed by atoms with Gasteiger partial charge in [0.05, 0.1) is 12.8 Å². The van der Waals surface area contributed by atoms with Gasteiger partial charge in [-0.15, -0.1) is 0 Å².